The van der Waals surface area contributed by atoms with E-state index >= 15 is 0 Å². The molecule has 27 heavy (non-hydrogen) atoms. The molecule has 1 unspecified atom stereocenters. The van der Waals surface area contributed by atoms with Crippen LogP contribution in [0.5, 0.6) is 5.75 Å². The molecule has 0 bridgehead atoms. The monoisotopic (exact) mass is 369 g/mol. The quantitative estimate of drug-likeness (QED) is 0.809. The van der Waals surface area contributed by atoms with Crippen molar-refractivity contribution in [3.63, 3.8) is 0 Å². The van der Waals surface area contributed by atoms with Crippen molar-refractivity contribution in [2.45, 2.75) is 32.9 Å². The minimum absolute atomic E-state index is 0.105. The fourth-order valence-electron chi connectivity index (χ4n) is 3.15. The first-order valence-corrected chi connectivity index (χ1v) is 9.36. The van der Waals surface area contributed by atoms with Crippen LogP contribution in [0.1, 0.15) is 25.8 Å². The second-order valence-corrected chi connectivity index (χ2v) is 6.68. The predicted octanol–water partition coefficient (Wildman–Crippen LogP) is 2.54. The van der Waals surface area contributed by atoms with Gasteiger partial charge >= 0.3 is 0 Å². The van der Waals surface area contributed by atoms with Crippen molar-refractivity contribution < 1.29 is 9.53 Å². The molecule has 0 aliphatic carbocycles. The molecule has 1 atom stereocenters. The number of carbonyl (C=O) groups is 1. The first-order chi connectivity index (χ1) is 13.1. The van der Waals surface area contributed by atoms with Gasteiger partial charge in [-0.15, -0.1) is 0 Å². The molecule has 7 nitrogen and oxygen atoms in total. The zero-order valence-corrected chi connectivity index (χ0v) is 16.2. The van der Waals surface area contributed by atoms with Crippen LogP contribution in [0.25, 0.3) is 0 Å². The molecule has 144 valence electrons. The summed E-state index contributed by atoms with van der Waals surface area (Å²) in [5.74, 6) is 1.54. The van der Waals surface area contributed by atoms with E-state index in [-0.39, 0.29) is 11.9 Å². The van der Waals surface area contributed by atoms with Gasteiger partial charge in [0.15, 0.2) is 0 Å². The number of amides is 1. The summed E-state index contributed by atoms with van der Waals surface area (Å²) in [6, 6.07) is 7.42. The van der Waals surface area contributed by atoms with Gasteiger partial charge < -0.3 is 15.0 Å². The molecule has 1 aromatic heterocycles. The van der Waals surface area contributed by atoms with Gasteiger partial charge in [-0.05, 0) is 37.6 Å². The number of ether oxygens (including phenoxy) is 1. The summed E-state index contributed by atoms with van der Waals surface area (Å²) in [4.78, 5) is 25.6. The largest absolute Gasteiger partial charge is 0.497 e. The van der Waals surface area contributed by atoms with Crippen LogP contribution in [0.2, 0.25) is 0 Å². The second-order valence-electron chi connectivity index (χ2n) is 6.68. The molecule has 0 spiro atoms. The van der Waals surface area contributed by atoms with Crippen molar-refractivity contribution in [3.8, 4) is 5.75 Å². The smallest absolute Gasteiger partial charge is 0.244 e. The molecule has 1 aliphatic rings. The van der Waals surface area contributed by atoms with Gasteiger partial charge in [-0.2, -0.15) is 0 Å². The van der Waals surface area contributed by atoms with Crippen LogP contribution in [-0.2, 0) is 11.3 Å². The number of nitrogens with one attached hydrogen (secondary N) is 1. The highest BCUT2D eigenvalue weighted by Gasteiger charge is 2.32. The number of anilines is 2. The summed E-state index contributed by atoms with van der Waals surface area (Å²) in [6.45, 7) is 7.04. The Morgan fingerprint density at radius 1 is 1.19 bits per heavy atom. The van der Waals surface area contributed by atoms with Gasteiger partial charge in [-0.25, -0.2) is 9.97 Å². The third-order valence-electron chi connectivity index (χ3n) is 4.79. The van der Waals surface area contributed by atoms with Gasteiger partial charge in [-0.3, -0.25) is 9.69 Å². The summed E-state index contributed by atoms with van der Waals surface area (Å²) in [7, 11) is 1.64. The number of nitrogens with zero attached hydrogens (tertiary/aromatic N) is 4. The van der Waals surface area contributed by atoms with Gasteiger partial charge in [0.05, 0.1) is 13.2 Å². The number of benzene rings is 1. The van der Waals surface area contributed by atoms with Crippen LogP contribution in [0.4, 0.5) is 11.6 Å². The van der Waals surface area contributed by atoms with E-state index in [0.29, 0.717) is 19.0 Å². The minimum Gasteiger partial charge on any atom is -0.497 e. The van der Waals surface area contributed by atoms with E-state index in [2.05, 4.69) is 27.1 Å². The van der Waals surface area contributed by atoms with Crippen molar-refractivity contribution in [3.05, 3.63) is 42.2 Å². The van der Waals surface area contributed by atoms with Crippen LogP contribution < -0.4 is 15.0 Å². The van der Waals surface area contributed by atoms with Crippen molar-refractivity contribution in [1.29, 1.82) is 0 Å². The van der Waals surface area contributed by atoms with Gasteiger partial charge in [0.25, 0.3) is 0 Å². The molecule has 1 aliphatic heterocycles. The minimum atomic E-state index is -0.196. The van der Waals surface area contributed by atoms with Crippen molar-refractivity contribution >= 4 is 17.5 Å². The summed E-state index contributed by atoms with van der Waals surface area (Å²) >= 11 is 0. The lowest BCUT2D eigenvalue weighted by molar-refractivity contribution is -0.125. The van der Waals surface area contributed by atoms with Gasteiger partial charge in [0, 0.05) is 49.8 Å². The van der Waals surface area contributed by atoms with Crippen LogP contribution in [0.3, 0.4) is 0 Å². The molecule has 1 aromatic carbocycles. The third kappa shape index (κ3) is 4.54. The lowest BCUT2D eigenvalue weighted by Gasteiger charge is -2.39. The molecule has 0 radical (unpaired) electrons. The highest BCUT2D eigenvalue weighted by molar-refractivity contribution is 5.97. The molecular formula is C20H27N5O2. The van der Waals surface area contributed by atoms with Crippen LogP contribution in [0, 0.1) is 0 Å². The number of carbonyl (C=O) groups excluding carboxylic acids is 1. The number of methoxy groups -OCH3 is 1. The summed E-state index contributed by atoms with van der Waals surface area (Å²) < 4.78 is 5.19. The number of piperazine rings is 1. The Morgan fingerprint density at radius 2 is 1.89 bits per heavy atom. The van der Waals surface area contributed by atoms with Crippen LogP contribution in [0.15, 0.2) is 36.7 Å². The highest BCUT2D eigenvalue weighted by atomic mass is 16.5. The van der Waals surface area contributed by atoms with Gasteiger partial charge in [-0.1, -0.05) is 6.92 Å². The number of hydrogen-bond donors (Lipinski definition) is 1. The summed E-state index contributed by atoms with van der Waals surface area (Å²) in [6.07, 6.45) is 4.69. The maximum absolute atomic E-state index is 12.9. The van der Waals surface area contributed by atoms with E-state index in [1.54, 1.807) is 7.11 Å². The van der Waals surface area contributed by atoms with Crippen molar-refractivity contribution in [1.82, 2.24) is 14.9 Å². The standard InChI is InChI=1S/C20H27N5O2/c1-4-9-21-20-22-12-16(13-23-20)14-24-10-11-25(19(26)15(24)2)17-5-7-18(27-3)8-6-17/h5-8,12-13,15H,4,9-11,14H2,1-3H3,(H,21,22,23). The number of aromatic nitrogens is 2. The first kappa shape index (κ1) is 19.1. The van der Waals surface area contributed by atoms with Crippen molar-refractivity contribution in [2.75, 3.05) is 37.0 Å². The zero-order chi connectivity index (χ0) is 19.2. The molecule has 1 N–H and O–H groups in total. The Balaban J connectivity index is 1.62. The number of hydrogen-bond acceptors (Lipinski definition) is 6. The van der Waals surface area contributed by atoms with Crippen LogP contribution >= 0.6 is 0 Å². The molecule has 1 fully saturated rings. The maximum atomic E-state index is 12.9. The Kier molecular flexibility index (Phi) is 6.24. The number of rotatable bonds is 7. The molecular weight excluding hydrogens is 342 g/mol. The molecule has 1 amide bonds. The Morgan fingerprint density at radius 3 is 2.52 bits per heavy atom. The van der Waals surface area contributed by atoms with Crippen molar-refractivity contribution in [2.24, 2.45) is 0 Å². The molecule has 0 saturated carbocycles. The maximum Gasteiger partial charge on any atom is 0.244 e. The van der Waals surface area contributed by atoms with Gasteiger partial charge in [0.2, 0.25) is 11.9 Å². The fraction of sp³-hybridized carbons (Fsp3) is 0.450. The third-order valence-corrected chi connectivity index (χ3v) is 4.79. The lowest BCUT2D eigenvalue weighted by Crippen LogP contribution is -2.55. The Labute approximate surface area is 160 Å². The van der Waals surface area contributed by atoms with Gasteiger partial charge in [0.1, 0.15) is 5.75 Å². The molecule has 2 aromatic rings. The van der Waals surface area contributed by atoms with E-state index < -0.39 is 0 Å². The summed E-state index contributed by atoms with van der Waals surface area (Å²) in [5, 5.41) is 3.17. The fourth-order valence-corrected chi connectivity index (χ4v) is 3.15. The molecule has 3 rings (SSSR count). The Bertz CT molecular complexity index is 748. The van der Waals surface area contributed by atoms with Crippen LogP contribution in [-0.4, -0.2) is 53.6 Å². The SMILES string of the molecule is CCCNc1ncc(CN2CCN(c3ccc(OC)cc3)C(=O)C2C)cn1. The zero-order valence-electron chi connectivity index (χ0n) is 16.2. The molecule has 1 saturated heterocycles. The molecule has 2 heterocycles. The lowest BCUT2D eigenvalue weighted by atomic mass is 10.1. The van der Waals surface area contributed by atoms with E-state index in [1.165, 1.54) is 0 Å². The average Bonchev–Trinajstić information content (AvgIpc) is 2.71. The Hall–Kier alpha value is -2.67. The van der Waals surface area contributed by atoms with E-state index in [4.69, 9.17) is 4.74 Å². The van der Waals surface area contributed by atoms with E-state index in [0.717, 1.165) is 36.5 Å². The normalized spacial score (nSPS) is 17.8. The van der Waals surface area contributed by atoms with E-state index in [9.17, 15) is 4.79 Å². The molecule has 7 heteroatoms. The van der Waals surface area contributed by atoms with E-state index in [1.807, 2.05) is 48.5 Å². The highest BCUT2D eigenvalue weighted by Crippen LogP contribution is 2.24. The second kappa shape index (κ2) is 8.81. The summed E-state index contributed by atoms with van der Waals surface area (Å²) in [5.41, 5.74) is 1.91. The predicted molar refractivity (Wildman–Crippen MR) is 106 cm³/mol. The topological polar surface area (TPSA) is 70.6 Å². The first-order valence-electron chi connectivity index (χ1n) is 9.36. The average molecular weight is 369 g/mol.